The molecule has 0 saturated heterocycles. The van der Waals surface area contributed by atoms with Crippen molar-refractivity contribution < 1.29 is 9.59 Å². The fourth-order valence-electron chi connectivity index (χ4n) is 5.36. The first kappa shape index (κ1) is 31.7. The second-order valence-corrected chi connectivity index (χ2v) is 9.86. The lowest BCUT2D eigenvalue weighted by molar-refractivity contribution is 0.0979. The van der Waals surface area contributed by atoms with Gasteiger partial charge in [0.25, 0.3) is 0 Å². The molecule has 0 heterocycles. The molecule has 0 spiro atoms. The standard InChI is InChI=1S/C30H48N8O2/c1-7-31-19-29(33-9-3,34-10-4)37-23-17-18-24(38-30(35-11-5,36-12-6)20-32-8-2)26-25(23)27(39)21-15-13-14-16-22(21)28(26)40/h13-18,31-38H,7-12,19-20H2,1-6H3. The Balaban J connectivity index is 2.22. The molecule has 0 radical (unpaired) electrons. The molecule has 10 nitrogen and oxygen atoms in total. The highest BCUT2D eigenvalue weighted by atomic mass is 16.1. The van der Waals surface area contributed by atoms with E-state index in [0.717, 1.165) is 13.1 Å². The summed E-state index contributed by atoms with van der Waals surface area (Å²) in [4.78, 5) is 28.2. The summed E-state index contributed by atoms with van der Waals surface area (Å²) in [7, 11) is 0. The lowest BCUT2D eigenvalue weighted by Crippen LogP contribution is -2.68. The van der Waals surface area contributed by atoms with Gasteiger partial charge >= 0.3 is 0 Å². The van der Waals surface area contributed by atoms with Gasteiger partial charge in [0, 0.05) is 35.6 Å². The predicted molar refractivity (Wildman–Crippen MR) is 164 cm³/mol. The number of ketones is 2. The van der Waals surface area contributed by atoms with E-state index in [2.05, 4.69) is 56.4 Å². The number of hydrogen-bond donors (Lipinski definition) is 8. The van der Waals surface area contributed by atoms with E-state index < -0.39 is 11.6 Å². The molecule has 1 aliphatic rings. The average molecular weight is 553 g/mol. The Morgan fingerprint density at radius 3 is 1.18 bits per heavy atom. The summed E-state index contributed by atoms with van der Waals surface area (Å²) < 4.78 is 0. The van der Waals surface area contributed by atoms with Gasteiger partial charge in [-0.25, -0.2) is 0 Å². The van der Waals surface area contributed by atoms with Crippen LogP contribution in [0.3, 0.4) is 0 Å². The van der Waals surface area contributed by atoms with E-state index in [4.69, 9.17) is 0 Å². The fourth-order valence-corrected chi connectivity index (χ4v) is 5.36. The van der Waals surface area contributed by atoms with Crippen molar-refractivity contribution >= 4 is 22.9 Å². The minimum absolute atomic E-state index is 0.175. The molecule has 0 bridgehead atoms. The van der Waals surface area contributed by atoms with Gasteiger partial charge in [-0.2, -0.15) is 0 Å². The van der Waals surface area contributed by atoms with E-state index in [1.54, 1.807) is 24.3 Å². The van der Waals surface area contributed by atoms with E-state index in [1.165, 1.54) is 0 Å². The average Bonchev–Trinajstić information content (AvgIpc) is 2.95. The third-order valence-electron chi connectivity index (χ3n) is 6.97. The minimum atomic E-state index is -0.731. The highest BCUT2D eigenvalue weighted by Crippen LogP contribution is 2.37. The molecule has 40 heavy (non-hydrogen) atoms. The summed E-state index contributed by atoms with van der Waals surface area (Å²) in [5.74, 6) is -1.81. The number of likely N-dealkylation sites (N-methyl/N-ethyl adjacent to an activating group) is 6. The zero-order chi connectivity index (χ0) is 29.2. The van der Waals surface area contributed by atoms with Crippen molar-refractivity contribution in [2.45, 2.75) is 53.1 Å². The zero-order valence-corrected chi connectivity index (χ0v) is 24.9. The van der Waals surface area contributed by atoms with Gasteiger partial charge in [0.15, 0.2) is 23.1 Å². The summed E-state index contributed by atoms with van der Waals surface area (Å²) in [6.45, 7) is 17.7. The lowest BCUT2D eigenvalue weighted by Gasteiger charge is -2.40. The molecule has 3 rings (SSSR count). The summed E-state index contributed by atoms with van der Waals surface area (Å²) in [5, 5.41) is 28.1. The molecule has 2 aromatic rings. The monoisotopic (exact) mass is 552 g/mol. The smallest absolute Gasteiger partial charge is 0.196 e. The Kier molecular flexibility index (Phi) is 11.6. The van der Waals surface area contributed by atoms with Crippen molar-refractivity contribution in [3.8, 4) is 0 Å². The van der Waals surface area contributed by atoms with Gasteiger partial charge in [-0.05, 0) is 51.4 Å². The minimum Gasteiger partial charge on any atom is -0.353 e. The van der Waals surface area contributed by atoms with Crippen LogP contribution in [-0.2, 0) is 0 Å². The van der Waals surface area contributed by atoms with Crippen molar-refractivity contribution in [3.63, 3.8) is 0 Å². The lowest BCUT2D eigenvalue weighted by atomic mass is 9.82. The van der Waals surface area contributed by atoms with Crippen molar-refractivity contribution in [1.29, 1.82) is 0 Å². The van der Waals surface area contributed by atoms with Crippen LogP contribution in [-0.4, -0.2) is 75.5 Å². The summed E-state index contributed by atoms with van der Waals surface area (Å²) in [6, 6.07) is 10.9. The molecule has 8 N–H and O–H groups in total. The van der Waals surface area contributed by atoms with Crippen LogP contribution in [0.25, 0.3) is 0 Å². The molecular formula is C30H48N8O2. The highest BCUT2D eigenvalue weighted by Gasteiger charge is 2.38. The summed E-state index contributed by atoms with van der Waals surface area (Å²) in [6.07, 6.45) is 0. The van der Waals surface area contributed by atoms with Crippen LogP contribution < -0.4 is 42.5 Å². The molecular weight excluding hydrogens is 504 g/mol. The number of rotatable bonds is 18. The fraction of sp³-hybridized carbons (Fsp3) is 0.533. The number of carbonyl (C=O) groups excluding carboxylic acids is 2. The molecule has 0 unspecified atom stereocenters. The molecule has 10 heteroatoms. The third-order valence-corrected chi connectivity index (χ3v) is 6.97. The zero-order valence-electron chi connectivity index (χ0n) is 24.9. The van der Waals surface area contributed by atoms with E-state index >= 15 is 0 Å². The largest absolute Gasteiger partial charge is 0.353 e. The van der Waals surface area contributed by atoms with E-state index in [1.807, 2.05) is 39.8 Å². The number of anilines is 2. The van der Waals surface area contributed by atoms with Crippen molar-refractivity contribution in [1.82, 2.24) is 31.9 Å². The quantitative estimate of drug-likeness (QED) is 0.111. The van der Waals surface area contributed by atoms with Gasteiger partial charge in [0.1, 0.15) is 0 Å². The molecule has 0 saturated carbocycles. The molecule has 2 aromatic carbocycles. The van der Waals surface area contributed by atoms with Gasteiger partial charge in [0.05, 0.1) is 11.1 Å². The number of benzene rings is 2. The van der Waals surface area contributed by atoms with Crippen LogP contribution in [0.15, 0.2) is 36.4 Å². The Labute approximate surface area is 239 Å². The van der Waals surface area contributed by atoms with Gasteiger partial charge in [-0.3, -0.25) is 30.9 Å². The topological polar surface area (TPSA) is 130 Å². The van der Waals surface area contributed by atoms with Crippen molar-refractivity contribution in [3.05, 3.63) is 58.7 Å². The Bertz CT molecular complexity index is 1050. The Hall–Kier alpha value is -2.86. The van der Waals surface area contributed by atoms with Crippen LogP contribution >= 0.6 is 0 Å². The molecule has 0 aliphatic heterocycles. The summed E-state index contributed by atoms with van der Waals surface area (Å²) >= 11 is 0. The number of hydrogen-bond acceptors (Lipinski definition) is 10. The second kappa shape index (κ2) is 14.7. The first-order chi connectivity index (χ1) is 19.3. The van der Waals surface area contributed by atoms with Gasteiger partial charge < -0.3 is 21.3 Å². The maximum Gasteiger partial charge on any atom is 0.196 e. The number of fused-ring (bicyclic) bond motifs is 2. The van der Waals surface area contributed by atoms with Crippen molar-refractivity contribution in [2.24, 2.45) is 0 Å². The normalized spacial score (nSPS) is 13.2. The van der Waals surface area contributed by atoms with Crippen LogP contribution in [0.1, 0.15) is 73.4 Å². The van der Waals surface area contributed by atoms with E-state index in [-0.39, 0.29) is 11.6 Å². The van der Waals surface area contributed by atoms with E-state index in [9.17, 15) is 9.59 Å². The maximum atomic E-state index is 14.1. The van der Waals surface area contributed by atoms with Crippen molar-refractivity contribution in [2.75, 3.05) is 63.0 Å². The third kappa shape index (κ3) is 6.88. The van der Waals surface area contributed by atoms with Gasteiger partial charge in [-0.1, -0.05) is 65.8 Å². The van der Waals surface area contributed by atoms with Gasteiger partial charge in [0.2, 0.25) is 0 Å². The molecule has 0 aromatic heterocycles. The van der Waals surface area contributed by atoms with Gasteiger partial charge in [-0.15, -0.1) is 0 Å². The first-order valence-electron chi connectivity index (χ1n) is 14.7. The second-order valence-electron chi connectivity index (χ2n) is 9.86. The number of carbonyl (C=O) groups is 2. The molecule has 1 aliphatic carbocycles. The van der Waals surface area contributed by atoms with Crippen LogP contribution in [0.2, 0.25) is 0 Å². The molecule has 0 fully saturated rings. The number of nitrogens with one attached hydrogen (secondary N) is 8. The van der Waals surface area contributed by atoms with Crippen LogP contribution in [0.4, 0.5) is 11.4 Å². The molecule has 220 valence electrons. The Morgan fingerprint density at radius 1 is 0.525 bits per heavy atom. The van der Waals surface area contributed by atoms with Crippen LogP contribution in [0, 0.1) is 0 Å². The molecule has 0 atom stereocenters. The van der Waals surface area contributed by atoms with E-state index in [0.29, 0.717) is 72.9 Å². The predicted octanol–water partition coefficient (Wildman–Crippen LogP) is 2.25. The maximum absolute atomic E-state index is 14.1. The first-order valence-corrected chi connectivity index (χ1v) is 14.7. The summed E-state index contributed by atoms with van der Waals surface area (Å²) in [5.41, 5.74) is 2.77. The van der Waals surface area contributed by atoms with Crippen LogP contribution in [0.5, 0.6) is 0 Å². The molecule has 0 amide bonds. The SMILES string of the molecule is CCNCC(NCC)(NCC)Nc1ccc(NC(CNCC)(NCC)NCC)c2c1C(=O)c1ccccc1C2=O. The highest BCUT2D eigenvalue weighted by molar-refractivity contribution is 6.32. The Morgan fingerprint density at radius 2 is 0.875 bits per heavy atom.